The predicted octanol–water partition coefficient (Wildman–Crippen LogP) is 2.40. The van der Waals surface area contributed by atoms with E-state index in [4.69, 9.17) is 4.74 Å². The summed E-state index contributed by atoms with van der Waals surface area (Å²) in [5.41, 5.74) is 0.789. The quantitative estimate of drug-likeness (QED) is 0.617. The van der Waals surface area contributed by atoms with Crippen LogP contribution in [0.1, 0.15) is 20.3 Å². The molecule has 1 aliphatic heterocycles. The number of hydrogen-bond acceptors (Lipinski definition) is 5. The molecule has 0 aromatic heterocycles. The number of anilines is 1. The van der Waals surface area contributed by atoms with Gasteiger partial charge in [-0.1, -0.05) is 0 Å². The Labute approximate surface area is 118 Å². The van der Waals surface area contributed by atoms with Crippen LogP contribution in [-0.2, 0) is 0 Å². The summed E-state index contributed by atoms with van der Waals surface area (Å²) >= 11 is 0. The number of non-ortho nitro benzene ring substituents is 1. The summed E-state index contributed by atoms with van der Waals surface area (Å²) in [7, 11) is 0. The molecule has 1 saturated heterocycles. The first-order chi connectivity index (χ1) is 9.54. The number of nitrogens with zero attached hydrogens (tertiary/aromatic N) is 1. The van der Waals surface area contributed by atoms with Crippen LogP contribution in [0.5, 0.6) is 5.75 Å². The second-order valence-corrected chi connectivity index (χ2v) is 5.38. The molecule has 1 unspecified atom stereocenters. The first kappa shape index (κ1) is 14.6. The summed E-state index contributed by atoms with van der Waals surface area (Å²) in [4.78, 5) is 10.6. The van der Waals surface area contributed by atoms with Crippen LogP contribution < -0.4 is 15.4 Å². The van der Waals surface area contributed by atoms with Crippen LogP contribution in [0.4, 0.5) is 11.4 Å². The third-order valence-corrected chi connectivity index (χ3v) is 3.23. The van der Waals surface area contributed by atoms with Crippen molar-refractivity contribution in [1.29, 1.82) is 0 Å². The van der Waals surface area contributed by atoms with Gasteiger partial charge in [-0.3, -0.25) is 10.1 Å². The van der Waals surface area contributed by atoms with Gasteiger partial charge >= 0.3 is 0 Å². The minimum absolute atomic E-state index is 0.0103. The molecule has 0 radical (unpaired) electrons. The van der Waals surface area contributed by atoms with Crippen molar-refractivity contribution in [2.24, 2.45) is 5.92 Å². The highest BCUT2D eigenvalue weighted by atomic mass is 16.6. The van der Waals surface area contributed by atoms with Gasteiger partial charge < -0.3 is 15.4 Å². The molecule has 1 atom stereocenters. The van der Waals surface area contributed by atoms with Crippen molar-refractivity contribution in [3.05, 3.63) is 28.3 Å². The van der Waals surface area contributed by atoms with Gasteiger partial charge in [0, 0.05) is 24.4 Å². The lowest BCUT2D eigenvalue weighted by molar-refractivity contribution is -0.384. The van der Waals surface area contributed by atoms with E-state index >= 15 is 0 Å². The SMILES string of the molecule is CC(C)Oc1cc(NCC2CCNC2)cc([N+](=O)[O-])c1. The zero-order valence-electron chi connectivity index (χ0n) is 11.9. The van der Waals surface area contributed by atoms with Gasteiger partial charge in [-0.05, 0) is 39.3 Å². The molecule has 6 nitrogen and oxygen atoms in total. The van der Waals surface area contributed by atoms with Gasteiger partial charge in [0.2, 0.25) is 0 Å². The third kappa shape index (κ3) is 4.09. The molecular formula is C14H21N3O3. The summed E-state index contributed by atoms with van der Waals surface area (Å²) in [5.74, 6) is 1.10. The molecule has 2 rings (SSSR count). The number of nitrogens with one attached hydrogen (secondary N) is 2. The maximum absolute atomic E-state index is 11.0. The molecule has 0 bridgehead atoms. The van der Waals surface area contributed by atoms with Gasteiger partial charge in [0.25, 0.3) is 5.69 Å². The standard InChI is InChI=1S/C14H21N3O3/c1-10(2)20-14-6-12(5-13(7-14)17(18)19)16-9-11-3-4-15-8-11/h5-7,10-11,15-16H,3-4,8-9H2,1-2H3. The van der Waals surface area contributed by atoms with E-state index < -0.39 is 4.92 Å². The molecule has 0 amide bonds. The molecule has 6 heteroatoms. The minimum Gasteiger partial charge on any atom is -0.491 e. The average molecular weight is 279 g/mol. The van der Waals surface area contributed by atoms with E-state index in [-0.39, 0.29) is 11.8 Å². The summed E-state index contributed by atoms with van der Waals surface area (Å²) < 4.78 is 5.56. The van der Waals surface area contributed by atoms with Gasteiger partial charge in [-0.25, -0.2) is 0 Å². The molecule has 0 aliphatic carbocycles. The maximum atomic E-state index is 11.0. The lowest BCUT2D eigenvalue weighted by atomic mass is 10.1. The van der Waals surface area contributed by atoms with Crippen LogP contribution in [0.3, 0.4) is 0 Å². The zero-order chi connectivity index (χ0) is 14.5. The Hall–Kier alpha value is -1.82. The largest absolute Gasteiger partial charge is 0.491 e. The predicted molar refractivity (Wildman–Crippen MR) is 78.3 cm³/mol. The maximum Gasteiger partial charge on any atom is 0.275 e. The highest BCUT2D eigenvalue weighted by Crippen LogP contribution is 2.27. The van der Waals surface area contributed by atoms with E-state index in [1.165, 1.54) is 6.07 Å². The Kier molecular flexibility index (Phi) is 4.79. The molecule has 20 heavy (non-hydrogen) atoms. The van der Waals surface area contributed by atoms with Crippen molar-refractivity contribution < 1.29 is 9.66 Å². The lowest BCUT2D eigenvalue weighted by Crippen LogP contribution is -2.17. The van der Waals surface area contributed by atoms with Crippen LogP contribution in [0.25, 0.3) is 0 Å². The van der Waals surface area contributed by atoms with E-state index in [0.29, 0.717) is 11.7 Å². The van der Waals surface area contributed by atoms with Crippen LogP contribution >= 0.6 is 0 Å². The van der Waals surface area contributed by atoms with Gasteiger partial charge in [-0.15, -0.1) is 0 Å². The number of hydrogen-bond donors (Lipinski definition) is 2. The second-order valence-electron chi connectivity index (χ2n) is 5.38. The van der Waals surface area contributed by atoms with Gasteiger partial charge in [0.15, 0.2) is 0 Å². The first-order valence-electron chi connectivity index (χ1n) is 6.95. The minimum atomic E-state index is -0.393. The molecule has 1 aliphatic rings. The molecule has 110 valence electrons. The monoisotopic (exact) mass is 279 g/mol. The fourth-order valence-electron chi connectivity index (χ4n) is 2.28. The van der Waals surface area contributed by atoms with Crippen LogP contribution in [-0.4, -0.2) is 30.7 Å². The summed E-state index contributed by atoms with van der Waals surface area (Å²) in [5, 5.41) is 17.5. The highest BCUT2D eigenvalue weighted by Gasteiger charge is 2.16. The normalized spacial score (nSPS) is 18.2. The fraction of sp³-hybridized carbons (Fsp3) is 0.571. The van der Waals surface area contributed by atoms with Crippen LogP contribution in [0.2, 0.25) is 0 Å². The van der Waals surface area contributed by atoms with Crippen molar-refractivity contribution in [1.82, 2.24) is 5.32 Å². The Morgan fingerprint density at radius 3 is 2.90 bits per heavy atom. The molecule has 1 aromatic carbocycles. The smallest absolute Gasteiger partial charge is 0.275 e. The average Bonchev–Trinajstić information content (AvgIpc) is 2.88. The first-order valence-corrected chi connectivity index (χ1v) is 6.95. The van der Waals surface area contributed by atoms with Crippen LogP contribution in [0.15, 0.2) is 18.2 Å². The van der Waals surface area contributed by atoms with Crippen molar-refractivity contribution in [3.63, 3.8) is 0 Å². The molecule has 0 saturated carbocycles. The molecule has 2 N–H and O–H groups in total. The van der Waals surface area contributed by atoms with E-state index in [0.717, 1.165) is 31.7 Å². The topological polar surface area (TPSA) is 76.4 Å². The van der Waals surface area contributed by atoms with Crippen molar-refractivity contribution in [3.8, 4) is 5.75 Å². The second kappa shape index (κ2) is 6.56. The Bertz CT molecular complexity index is 471. The number of ether oxygens (including phenoxy) is 1. The lowest BCUT2D eigenvalue weighted by Gasteiger charge is -2.14. The Balaban J connectivity index is 2.08. The Morgan fingerprint density at radius 2 is 2.30 bits per heavy atom. The van der Waals surface area contributed by atoms with Crippen molar-refractivity contribution >= 4 is 11.4 Å². The molecule has 1 fully saturated rings. The molecule has 1 aromatic rings. The molecule has 0 spiro atoms. The summed E-state index contributed by atoms with van der Waals surface area (Å²) in [6.45, 7) is 6.65. The summed E-state index contributed by atoms with van der Waals surface area (Å²) in [6, 6.07) is 4.83. The number of benzene rings is 1. The van der Waals surface area contributed by atoms with E-state index in [2.05, 4.69) is 10.6 Å². The number of nitro groups is 1. The van der Waals surface area contributed by atoms with Gasteiger partial charge in [0.05, 0.1) is 17.1 Å². The van der Waals surface area contributed by atoms with Crippen molar-refractivity contribution in [2.75, 3.05) is 25.0 Å². The number of rotatable bonds is 6. The van der Waals surface area contributed by atoms with E-state index in [9.17, 15) is 10.1 Å². The fourth-order valence-corrected chi connectivity index (χ4v) is 2.28. The highest BCUT2D eigenvalue weighted by molar-refractivity contribution is 5.56. The zero-order valence-corrected chi connectivity index (χ0v) is 11.9. The Morgan fingerprint density at radius 1 is 1.50 bits per heavy atom. The summed E-state index contributed by atoms with van der Waals surface area (Å²) in [6.07, 6.45) is 1.13. The molecule has 1 heterocycles. The van der Waals surface area contributed by atoms with Gasteiger partial charge in [-0.2, -0.15) is 0 Å². The van der Waals surface area contributed by atoms with Gasteiger partial charge in [0.1, 0.15) is 5.75 Å². The van der Waals surface area contributed by atoms with Crippen LogP contribution in [0, 0.1) is 16.0 Å². The van der Waals surface area contributed by atoms with E-state index in [1.807, 2.05) is 19.9 Å². The third-order valence-electron chi connectivity index (χ3n) is 3.23. The van der Waals surface area contributed by atoms with E-state index in [1.54, 1.807) is 6.07 Å². The van der Waals surface area contributed by atoms with Crippen molar-refractivity contribution in [2.45, 2.75) is 26.4 Å². The molecular weight excluding hydrogens is 258 g/mol. The number of nitro benzene ring substituents is 1.